The van der Waals surface area contributed by atoms with Gasteiger partial charge in [-0.1, -0.05) is 12.1 Å². The maximum absolute atomic E-state index is 9.20. The SMILES string of the molecule is CN[C@H](CO)c1cccc2[nH]ccc12. The van der Waals surface area contributed by atoms with Crippen LogP contribution in [0.5, 0.6) is 0 Å². The van der Waals surface area contributed by atoms with Crippen LogP contribution in [0.3, 0.4) is 0 Å². The standard InChI is InChI=1S/C11H14N2O/c1-12-11(7-14)8-3-2-4-10-9(8)5-6-13-10/h2-6,11-14H,7H2,1H3/t11-/m1/s1. The second-order valence-electron chi connectivity index (χ2n) is 3.31. The summed E-state index contributed by atoms with van der Waals surface area (Å²) in [7, 11) is 1.85. The second kappa shape index (κ2) is 3.82. The highest BCUT2D eigenvalue weighted by molar-refractivity contribution is 5.83. The number of fused-ring (bicyclic) bond motifs is 1. The van der Waals surface area contributed by atoms with Gasteiger partial charge in [-0.25, -0.2) is 0 Å². The van der Waals surface area contributed by atoms with Gasteiger partial charge in [0.15, 0.2) is 0 Å². The van der Waals surface area contributed by atoms with Gasteiger partial charge in [0.25, 0.3) is 0 Å². The molecule has 0 spiro atoms. The third-order valence-electron chi connectivity index (χ3n) is 2.54. The fraction of sp³-hybridized carbons (Fsp3) is 0.273. The summed E-state index contributed by atoms with van der Waals surface area (Å²) in [6.45, 7) is 0.112. The molecule has 2 aromatic rings. The molecule has 74 valence electrons. The summed E-state index contributed by atoms with van der Waals surface area (Å²) in [5, 5.41) is 13.5. The quantitative estimate of drug-likeness (QED) is 0.685. The van der Waals surface area contributed by atoms with Gasteiger partial charge in [0.05, 0.1) is 12.6 Å². The number of aromatic amines is 1. The molecule has 0 aliphatic rings. The van der Waals surface area contributed by atoms with Crippen LogP contribution in [0, 0.1) is 0 Å². The Balaban J connectivity index is 2.54. The van der Waals surface area contributed by atoms with Crippen molar-refractivity contribution in [3.63, 3.8) is 0 Å². The van der Waals surface area contributed by atoms with Crippen molar-refractivity contribution in [3.05, 3.63) is 36.0 Å². The zero-order valence-corrected chi connectivity index (χ0v) is 8.12. The second-order valence-corrected chi connectivity index (χ2v) is 3.31. The summed E-state index contributed by atoms with van der Waals surface area (Å²) in [6, 6.07) is 8.10. The van der Waals surface area contributed by atoms with Gasteiger partial charge in [-0.05, 0) is 24.7 Å². The number of rotatable bonds is 3. The molecule has 0 aliphatic heterocycles. The molecule has 0 saturated heterocycles. The maximum Gasteiger partial charge on any atom is 0.0626 e. The molecular weight excluding hydrogens is 176 g/mol. The Hall–Kier alpha value is -1.32. The third-order valence-corrected chi connectivity index (χ3v) is 2.54. The molecule has 1 atom stereocenters. The van der Waals surface area contributed by atoms with Gasteiger partial charge in [-0.3, -0.25) is 0 Å². The van der Waals surface area contributed by atoms with Gasteiger partial charge < -0.3 is 15.4 Å². The summed E-state index contributed by atoms with van der Waals surface area (Å²) < 4.78 is 0. The number of aliphatic hydroxyl groups excluding tert-OH is 1. The van der Waals surface area contributed by atoms with E-state index < -0.39 is 0 Å². The molecule has 0 radical (unpaired) electrons. The topological polar surface area (TPSA) is 48.0 Å². The predicted molar refractivity (Wildman–Crippen MR) is 57.2 cm³/mol. The minimum atomic E-state index is 0.00880. The first-order chi connectivity index (χ1) is 6.86. The lowest BCUT2D eigenvalue weighted by Crippen LogP contribution is -2.19. The molecule has 2 rings (SSSR count). The first kappa shape index (κ1) is 9.24. The first-order valence-corrected chi connectivity index (χ1v) is 4.71. The Morgan fingerprint density at radius 1 is 1.43 bits per heavy atom. The minimum Gasteiger partial charge on any atom is -0.394 e. The van der Waals surface area contributed by atoms with E-state index in [2.05, 4.69) is 10.3 Å². The minimum absolute atomic E-state index is 0.00880. The van der Waals surface area contributed by atoms with Crippen molar-refractivity contribution in [2.45, 2.75) is 6.04 Å². The number of benzene rings is 1. The van der Waals surface area contributed by atoms with E-state index in [-0.39, 0.29) is 12.6 Å². The molecule has 3 nitrogen and oxygen atoms in total. The van der Waals surface area contributed by atoms with Crippen LogP contribution < -0.4 is 5.32 Å². The van der Waals surface area contributed by atoms with Crippen LogP contribution in [0.4, 0.5) is 0 Å². The van der Waals surface area contributed by atoms with Gasteiger partial charge in [0.1, 0.15) is 0 Å². The van der Waals surface area contributed by atoms with Gasteiger partial charge in [-0.2, -0.15) is 0 Å². The van der Waals surface area contributed by atoms with Crippen molar-refractivity contribution in [3.8, 4) is 0 Å². The van der Waals surface area contributed by atoms with E-state index in [0.29, 0.717) is 0 Å². The van der Waals surface area contributed by atoms with E-state index in [9.17, 15) is 5.11 Å². The smallest absolute Gasteiger partial charge is 0.0626 e. The van der Waals surface area contributed by atoms with Crippen LogP contribution in [-0.2, 0) is 0 Å². The molecule has 0 amide bonds. The van der Waals surface area contributed by atoms with Crippen LogP contribution in [-0.4, -0.2) is 23.7 Å². The highest BCUT2D eigenvalue weighted by Gasteiger charge is 2.10. The molecule has 0 aliphatic carbocycles. The molecule has 0 unspecified atom stereocenters. The average molecular weight is 190 g/mol. The van der Waals surface area contributed by atoms with Crippen LogP contribution in [0.25, 0.3) is 10.9 Å². The van der Waals surface area contributed by atoms with E-state index in [0.717, 1.165) is 11.1 Å². The number of likely N-dealkylation sites (N-methyl/N-ethyl adjacent to an activating group) is 1. The summed E-state index contributed by atoms with van der Waals surface area (Å²) in [5.74, 6) is 0. The van der Waals surface area contributed by atoms with Crippen molar-refractivity contribution in [1.29, 1.82) is 0 Å². The molecular formula is C11H14N2O. The molecule has 3 heteroatoms. The van der Waals surface area contributed by atoms with Crippen LogP contribution >= 0.6 is 0 Å². The van der Waals surface area contributed by atoms with Gasteiger partial charge in [0, 0.05) is 17.1 Å². The molecule has 1 heterocycles. The van der Waals surface area contributed by atoms with Crippen molar-refractivity contribution in [2.75, 3.05) is 13.7 Å². The number of hydrogen-bond donors (Lipinski definition) is 3. The molecule has 14 heavy (non-hydrogen) atoms. The molecule has 0 bridgehead atoms. The fourth-order valence-corrected chi connectivity index (χ4v) is 1.76. The Bertz CT molecular complexity index is 418. The zero-order chi connectivity index (χ0) is 9.97. The summed E-state index contributed by atoms with van der Waals surface area (Å²) in [4.78, 5) is 3.15. The number of aromatic nitrogens is 1. The van der Waals surface area contributed by atoms with Crippen LogP contribution in [0.15, 0.2) is 30.5 Å². The summed E-state index contributed by atoms with van der Waals surface area (Å²) in [6.07, 6.45) is 1.91. The predicted octanol–water partition coefficient (Wildman–Crippen LogP) is 1.42. The molecule has 1 aromatic heterocycles. The van der Waals surface area contributed by atoms with Gasteiger partial charge >= 0.3 is 0 Å². The Morgan fingerprint density at radius 2 is 2.29 bits per heavy atom. The van der Waals surface area contributed by atoms with Gasteiger partial charge in [-0.15, -0.1) is 0 Å². The third kappa shape index (κ3) is 1.41. The first-order valence-electron chi connectivity index (χ1n) is 4.71. The van der Waals surface area contributed by atoms with E-state index >= 15 is 0 Å². The Kier molecular flexibility index (Phi) is 2.52. The highest BCUT2D eigenvalue weighted by atomic mass is 16.3. The van der Waals surface area contributed by atoms with E-state index in [1.165, 1.54) is 5.39 Å². The van der Waals surface area contributed by atoms with Gasteiger partial charge in [0.2, 0.25) is 0 Å². The van der Waals surface area contributed by atoms with Crippen molar-refractivity contribution in [1.82, 2.24) is 10.3 Å². The van der Waals surface area contributed by atoms with Crippen LogP contribution in [0.1, 0.15) is 11.6 Å². The highest BCUT2D eigenvalue weighted by Crippen LogP contribution is 2.22. The summed E-state index contributed by atoms with van der Waals surface area (Å²) >= 11 is 0. The number of nitrogens with one attached hydrogen (secondary N) is 2. The molecule has 0 fully saturated rings. The molecule has 1 aromatic carbocycles. The van der Waals surface area contributed by atoms with Crippen molar-refractivity contribution >= 4 is 10.9 Å². The molecule has 0 saturated carbocycles. The molecule has 3 N–H and O–H groups in total. The normalized spacial score (nSPS) is 13.3. The van der Waals surface area contributed by atoms with Crippen molar-refractivity contribution < 1.29 is 5.11 Å². The number of hydrogen-bond acceptors (Lipinski definition) is 2. The zero-order valence-electron chi connectivity index (χ0n) is 8.12. The van der Waals surface area contributed by atoms with Crippen LogP contribution in [0.2, 0.25) is 0 Å². The largest absolute Gasteiger partial charge is 0.394 e. The summed E-state index contributed by atoms with van der Waals surface area (Å²) in [5.41, 5.74) is 2.24. The number of H-pyrrole nitrogens is 1. The van der Waals surface area contributed by atoms with E-state index in [1.807, 2.05) is 37.5 Å². The lowest BCUT2D eigenvalue weighted by Gasteiger charge is -2.14. The Morgan fingerprint density at radius 3 is 3.00 bits per heavy atom. The lowest BCUT2D eigenvalue weighted by atomic mass is 10.0. The fourth-order valence-electron chi connectivity index (χ4n) is 1.76. The lowest BCUT2D eigenvalue weighted by molar-refractivity contribution is 0.251. The monoisotopic (exact) mass is 190 g/mol. The Labute approximate surface area is 82.8 Å². The number of aliphatic hydroxyl groups is 1. The van der Waals surface area contributed by atoms with Crippen molar-refractivity contribution in [2.24, 2.45) is 0 Å². The average Bonchev–Trinajstić information content (AvgIpc) is 2.68. The van der Waals surface area contributed by atoms with E-state index in [4.69, 9.17) is 0 Å². The maximum atomic E-state index is 9.20. The van der Waals surface area contributed by atoms with E-state index in [1.54, 1.807) is 0 Å².